The Kier molecular flexibility index (Phi) is 6.25. The van der Waals surface area contributed by atoms with Crippen LogP contribution >= 0.6 is 0 Å². The van der Waals surface area contributed by atoms with E-state index in [1.807, 2.05) is 4.90 Å². The number of nitro benzene ring substituents is 1. The molecule has 0 radical (unpaired) electrons. The van der Waals surface area contributed by atoms with Gasteiger partial charge in [-0.3, -0.25) is 19.6 Å². The van der Waals surface area contributed by atoms with Crippen LogP contribution in [-0.4, -0.2) is 38.1 Å². The number of hydrogen-bond donors (Lipinski definition) is 2. The Morgan fingerprint density at radius 3 is 2.47 bits per heavy atom. The molecular weight excluding hydrogens is 408 g/mol. The summed E-state index contributed by atoms with van der Waals surface area (Å²) in [5.41, 5.74) is 2.30. The molecule has 0 bridgehead atoms. The van der Waals surface area contributed by atoms with Crippen molar-refractivity contribution in [2.75, 3.05) is 33.8 Å². The summed E-state index contributed by atoms with van der Waals surface area (Å²) in [6, 6.07) is 9.13. The van der Waals surface area contributed by atoms with Crippen molar-refractivity contribution in [1.29, 1.82) is 0 Å². The van der Waals surface area contributed by atoms with Gasteiger partial charge in [-0.15, -0.1) is 0 Å². The molecule has 1 amide bonds. The Bertz CT molecular complexity index is 1080. The third-order valence-electron chi connectivity index (χ3n) is 5.01. The van der Waals surface area contributed by atoms with Crippen LogP contribution in [0.4, 0.5) is 22.7 Å². The molecule has 0 spiro atoms. The number of carbonyl (C=O) groups excluding carboxylic acids is 1. The summed E-state index contributed by atoms with van der Waals surface area (Å²) in [7, 11) is -3.41. The number of amides is 1. The SMILES string of the molecule is CCS(=O)(=O)Nc1ccc(NC(=O)c2cc([N+](=O)[O-])ccc2N2CCCC2)cc1C. The van der Waals surface area contributed by atoms with Crippen molar-refractivity contribution < 1.29 is 18.1 Å². The first-order valence-electron chi connectivity index (χ1n) is 9.66. The third-order valence-corrected chi connectivity index (χ3v) is 6.30. The molecule has 10 heteroatoms. The number of benzene rings is 2. The first-order valence-corrected chi connectivity index (χ1v) is 11.3. The predicted molar refractivity (Wildman–Crippen MR) is 117 cm³/mol. The van der Waals surface area contributed by atoms with Gasteiger partial charge in [-0.25, -0.2) is 8.42 Å². The minimum Gasteiger partial charge on any atom is -0.371 e. The number of non-ortho nitro benzene ring substituents is 1. The Hall–Kier alpha value is -3.14. The van der Waals surface area contributed by atoms with Gasteiger partial charge in [0.2, 0.25) is 10.0 Å². The Morgan fingerprint density at radius 2 is 1.87 bits per heavy atom. The molecule has 1 aliphatic rings. The zero-order valence-corrected chi connectivity index (χ0v) is 17.7. The summed E-state index contributed by atoms with van der Waals surface area (Å²) < 4.78 is 26.0. The van der Waals surface area contributed by atoms with Gasteiger partial charge in [0.1, 0.15) is 0 Å². The smallest absolute Gasteiger partial charge is 0.270 e. The number of nitro groups is 1. The van der Waals surface area contributed by atoms with Gasteiger partial charge < -0.3 is 10.2 Å². The van der Waals surface area contributed by atoms with Crippen LogP contribution in [0.3, 0.4) is 0 Å². The van der Waals surface area contributed by atoms with Gasteiger partial charge in [0.05, 0.1) is 27.6 Å². The fourth-order valence-electron chi connectivity index (χ4n) is 3.35. The van der Waals surface area contributed by atoms with Crippen molar-refractivity contribution in [2.45, 2.75) is 26.7 Å². The molecule has 1 saturated heterocycles. The molecule has 3 rings (SSSR count). The highest BCUT2D eigenvalue weighted by Gasteiger charge is 2.23. The number of nitrogens with one attached hydrogen (secondary N) is 2. The second kappa shape index (κ2) is 8.70. The first kappa shape index (κ1) is 21.6. The zero-order chi connectivity index (χ0) is 21.9. The second-order valence-electron chi connectivity index (χ2n) is 7.14. The van der Waals surface area contributed by atoms with E-state index in [-0.39, 0.29) is 17.0 Å². The van der Waals surface area contributed by atoms with E-state index in [9.17, 15) is 23.3 Å². The van der Waals surface area contributed by atoms with E-state index in [1.165, 1.54) is 12.1 Å². The molecule has 2 N–H and O–H groups in total. The van der Waals surface area contributed by atoms with Crippen LogP contribution < -0.4 is 14.9 Å². The van der Waals surface area contributed by atoms with E-state index in [0.717, 1.165) is 25.9 Å². The lowest BCUT2D eigenvalue weighted by Crippen LogP contribution is -2.23. The maximum Gasteiger partial charge on any atom is 0.270 e. The fourth-order valence-corrected chi connectivity index (χ4v) is 4.06. The average Bonchev–Trinajstić information content (AvgIpc) is 3.24. The lowest BCUT2D eigenvalue weighted by molar-refractivity contribution is -0.384. The van der Waals surface area contributed by atoms with Crippen LogP contribution in [0.5, 0.6) is 0 Å². The number of anilines is 3. The highest BCUT2D eigenvalue weighted by atomic mass is 32.2. The Morgan fingerprint density at radius 1 is 1.17 bits per heavy atom. The van der Waals surface area contributed by atoms with Crippen molar-refractivity contribution in [3.63, 3.8) is 0 Å². The van der Waals surface area contributed by atoms with Gasteiger partial charge in [-0.2, -0.15) is 0 Å². The molecule has 0 saturated carbocycles. The maximum atomic E-state index is 13.0. The molecule has 9 nitrogen and oxygen atoms in total. The third kappa shape index (κ3) is 4.88. The zero-order valence-electron chi connectivity index (χ0n) is 16.8. The number of rotatable bonds is 7. The Labute approximate surface area is 175 Å². The van der Waals surface area contributed by atoms with E-state index in [2.05, 4.69) is 10.0 Å². The van der Waals surface area contributed by atoms with Gasteiger partial charge in [-0.05, 0) is 56.5 Å². The van der Waals surface area contributed by atoms with E-state index in [0.29, 0.717) is 22.6 Å². The van der Waals surface area contributed by atoms with Gasteiger partial charge >= 0.3 is 0 Å². The van der Waals surface area contributed by atoms with E-state index in [4.69, 9.17) is 0 Å². The minimum absolute atomic E-state index is 0.0447. The molecule has 1 heterocycles. The summed E-state index contributed by atoms with van der Waals surface area (Å²) in [4.78, 5) is 25.7. The van der Waals surface area contributed by atoms with Crippen molar-refractivity contribution in [1.82, 2.24) is 0 Å². The number of hydrogen-bond acceptors (Lipinski definition) is 6. The first-order chi connectivity index (χ1) is 14.2. The highest BCUT2D eigenvalue weighted by Crippen LogP contribution is 2.29. The highest BCUT2D eigenvalue weighted by molar-refractivity contribution is 7.92. The molecular formula is C20H24N4O5S. The van der Waals surface area contributed by atoms with Crippen LogP contribution in [0.2, 0.25) is 0 Å². The normalized spacial score (nSPS) is 13.9. The molecule has 160 valence electrons. The molecule has 1 fully saturated rings. The predicted octanol–water partition coefficient (Wildman–Crippen LogP) is 3.52. The van der Waals surface area contributed by atoms with Crippen molar-refractivity contribution >= 4 is 38.7 Å². The molecule has 0 atom stereocenters. The van der Waals surface area contributed by atoms with E-state index >= 15 is 0 Å². The number of nitrogens with zero attached hydrogens (tertiary/aromatic N) is 2. The molecule has 2 aromatic carbocycles. The van der Waals surface area contributed by atoms with Crippen LogP contribution in [0.15, 0.2) is 36.4 Å². The second-order valence-corrected chi connectivity index (χ2v) is 9.15. The molecule has 0 unspecified atom stereocenters. The maximum absolute atomic E-state index is 13.0. The summed E-state index contributed by atoms with van der Waals surface area (Å²) in [6.07, 6.45) is 2.01. The average molecular weight is 433 g/mol. The van der Waals surface area contributed by atoms with Crippen LogP contribution in [0, 0.1) is 17.0 Å². The minimum atomic E-state index is -3.41. The van der Waals surface area contributed by atoms with Crippen LogP contribution in [-0.2, 0) is 10.0 Å². The number of carbonyl (C=O) groups is 1. The summed E-state index contributed by atoms with van der Waals surface area (Å²) in [5, 5.41) is 14.0. The summed E-state index contributed by atoms with van der Waals surface area (Å²) in [5.74, 6) is -0.501. The van der Waals surface area contributed by atoms with Crippen LogP contribution in [0.1, 0.15) is 35.7 Å². The van der Waals surface area contributed by atoms with Crippen molar-refractivity contribution in [3.05, 3.63) is 57.6 Å². The summed E-state index contributed by atoms with van der Waals surface area (Å²) in [6.45, 7) is 4.86. The van der Waals surface area contributed by atoms with Gasteiger partial charge in [-0.1, -0.05) is 0 Å². The van der Waals surface area contributed by atoms with Gasteiger partial charge in [0.25, 0.3) is 11.6 Å². The molecule has 0 aromatic heterocycles. The summed E-state index contributed by atoms with van der Waals surface area (Å²) >= 11 is 0. The number of sulfonamides is 1. The fraction of sp³-hybridized carbons (Fsp3) is 0.350. The monoisotopic (exact) mass is 432 g/mol. The molecule has 1 aliphatic heterocycles. The molecule has 0 aliphatic carbocycles. The topological polar surface area (TPSA) is 122 Å². The van der Waals surface area contributed by atoms with Gasteiger partial charge in [0.15, 0.2) is 0 Å². The standard InChI is InChI=1S/C20H24N4O5S/c1-3-30(28,29)22-18-8-6-15(12-14(18)2)21-20(25)17-13-16(24(26)27)7-9-19(17)23-10-4-5-11-23/h6-9,12-13,22H,3-5,10-11H2,1-2H3,(H,21,25). The van der Waals surface area contributed by atoms with Crippen LogP contribution in [0.25, 0.3) is 0 Å². The Balaban J connectivity index is 1.87. The number of aryl methyl sites for hydroxylation is 1. The van der Waals surface area contributed by atoms with Gasteiger partial charge in [0, 0.05) is 30.9 Å². The van der Waals surface area contributed by atoms with Crippen molar-refractivity contribution in [3.8, 4) is 0 Å². The largest absolute Gasteiger partial charge is 0.371 e. The van der Waals surface area contributed by atoms with Crippen molar-refractivity contribution in [2.24, 2.45) is 0 Å². The van der Waals surface area contributed by atoms with E-state index < -0.39 is 20.9 Å². The lowest BCUT2D eigenvalue weighted by atomic mass is 10.1. The quantitative estimate of drug-likeness (QED) is 0.510. The van der Waals surface area contributed by atoms with E-state index in [1.54, 1.807) is 38.1 Å². The molecule has 2 aromatic rings. The lowest BCUT2D eigenvalue weighted by Gasteiger charge is -2.21. The molecule has 30 heavy (non-hydrogen) atoms.